The van der Waals surface area contributed by atoms with Gasteiger partial charge in [-0.2, -0.15) is 0 Å². The van der Waals surface area contributed by atoms with Gasteiger partial charge < -0.3 is 9.47 Å². The van der Waals surface area contributed by atoms with E-state index in [1.54, 1.807) is 0 Å². The van der Waals surface area contributed by atoms with E-state index in [-0.39, 0.29) is 6.29 Å². The van der Waals surface area contributed by atoms with Crippen molar-refractivity contribution in [3.63, 3.8) is 0 Å². The van der Waals surface area contributed by atoms with E-state index in [0.29, 0.717) is 19.1 Å². The second-order valence-electron chi connectivity index (χ2n) is 4.86. The maximum Gasteiger partial charge on any atom is 0.184 e. The summed E-state index contributed by atoms with van der Waals surface area (Å²) in [4.78, 5) is 0. The van der Waals surface area contributed by atoms with Gasteiger partial charge in [-0.3, -0.25) is 0 Å². The molecule has 0 atom stereocenters. The standard InChI is InChI=1S/C14H20O2/c1-10(2)8-12-5-4-11(3)13(9-12)14-15-6-7-16-14/h4-5,9-10,14H,6-8H2,1-3H3. The first-order valence-electron chi connectivity index (χ1n) is 5.99. The van der Waals surface area contributed by atoms with Gasteiger partial charge in [0.15, 0.2) is 6.29 Å². The fourth-order valence-corrected chi connectivity index (χ4v) is 2.08. The molecule has 1 aromatic carbocycles. The Morgan fingerprint density at radius 2 is 1.94 bits per heavy atom. The molecule has 1 aliphatic rings. The molecule has 2 rings (SSSR count). The van der Waals surface area contributed by atoms with Crippen LogP contribution in [0.4, 0.5) is 0 Å². The maximum atomic E-state index is 5.56. The molecule has 0 aromatic heterocycles. The van der Waals surface area contributed by atoms with Crippen LogP contribution in [0.5, 0.6) is 0 Å². The molecule has 0 amide bonds. The van der Waals surface area contributed by atoms with Crippen LogP contribution in [0.3, 0.4) is 0 Å². The van der Waals surface area contributed by atoms with Crippen molar-refractivity contribution in [1.29, 1.82) is 0 Å². The third-order valence-corrected chi connectivity index (χ3v) is 2.86. The molecule has 2 heteroatoms. The lowest BCUT2D eigenvalue weighted by atomic mass is 9.98. The van der Waals surface area contributed by atoms with E-state index in [0.717, 1.165) is 6.42 Å². The van der Waals surface area contributed by atoms with Crippen molar-refractivity contribution in [2.45, 2.75) is 33.5 Å². The molecule has 0 spiro atoms. The summed E-state index contributed by atoms with van der Waals surface area (Å²) in [6, 6.07) is 6.59. The summed E-state index contributed by atoms with van der Waals surface area (Å²) in [5, 5.41) is 0. The zero-order valence-electron chi connectivity index (χ0n) is 10.3. The van der Waals surface area contributed by atoms with E-state index < -0.39 is 0 Å². The summed E-state index contributed by atoms with van der Waals surface area (Å²) in [6.07, 6.45) is 0.965. The second kappa shape index (κ2) is 4.98. The van der Waals surface area contributed by atoms with Gasteiger partial charge in [0, 0.05) is 5.56 Å². The lowest BCUT2D eigenvalue weighted by Gasteiger charge is -2.14. The number of hydrogen-bond donors (Lipinski definition) is 0. The Morgan fingerprint density at radius 3 is 2.56 bits per heavy atom. The number of hydrogen-bond acceptors (Lipinski definition) is 2. The van der Waals surface area contributed by atoms with Crippen LogP contribution < -0.4 is 0 Å². The third kappa shape index (κ3) is 2.63. The minimum atomic E-state index is -0.146. The van der Waals surface area contributed by atoms with Crippen LogP contribution in [0.15, 0.2) is 18.2 Å². The van der Waals surface area contributed by atoms with Crippen LogP contribution >= 0.6 is 0 Å². The summed E-state index contributed by atoms with van der Waals surface area (Å²) in [7, 11) is 0. The Hall–Kier alpha value is -0.860. The molecular formula is C14H20O2. The normalized spacial score (nSPS) is 17.2. The Bertz CT molecular complexity index is 352. The molecule has 0 radical (unpaired) electrons. The van der Waals surface area contributed by atoms with E-state index in [4.69, 9.17) is 9.47 Å². The van der Waals surface area contributed by atoms with E-state index in [1.807, 2.05) is 0 Å². The quantitative estimate of drug-likeness (QED) is 0.778. The highest BCUT2D eigenvalue weighted by molar-refractivity contribution is 5.32. The average molecular weight is 220 g/mol. The molecule has 1 heterocycles. The number of rotatable bonds is 3. The van der Waals surface area contributed by atoms with Gasteiger partial charge in [0.05, 0.1) is 13.2 Å². The van der Waals surface area contributed by atoms with Crippen molar-refractivity contribution >= 4 is 0 Å². The largest absolute Gasteiger partial charge is 0.346 e. The topological polar surface area (TPSA) is 18.5 Å². The van der Waals surface area contributed by atoms with Gasteiger partial charge in [-0.15, -0.1) is 0 Å². The molecule has 1 fully saturated rings. The third-order valence-electron chi connectivity index (χ3n) is 2.86. The lowest BCUT2D eigenvalue weighted by molar-refractivity contribution is -0.0445. The fourth-order valence-electron chi connectivity index (χ4n) is 2.08. The van der Waals surface area contributed by atoms with E-state index in [2.05, 4.69) is 39.0 Å². The predicted molar refractivity (Wildman–Crippen MR) is 64.4 cm³/mol. The Labute approximate surface area is 97.6 Å². The lowest BCUT2D eigenvalue weighted by Crippen LogP contribution is -2.03. The van der Waals surface area contributed by atoms with Crippen LogP contribution in [0, 0.1) is 12.8 Å². The zero-order chi connectivity index (χ0) is 11.5. The first-order valence-corrected chi connectivity index (χ1v) is 5.99. The summed E-state index contributed by atoms with van der Waals surface area (Å²) >= 11 is 0. The first kappa shape index (κ1) is 11.6. The van der Waals surface area contributed by atoms with Gasteiger partial charge in [-0.1, -0.05) is 32.0 Å². The summed E-state index contributed by atoms with van der Waals surface area (Å²) in [6.45, 7) is 8.00. The Balaban J connectivity index is 2.21. The van der Waals surface area contributed by atoms with Crippen molar-refractivity contribution in [2.75, 3.05) is 13.2 Å². The van der Waals surface area contributed by atoms with Crippen LogP contribution in [-0.4, -0.2) is 13.2 Å². The highest BCUT2D eigenvalue weighted by Gasteiger charge is 2.20. The number of aryl methyl sites for hydroxylation is 1. The van der Waals surface area contributed by atoms with E-state index in [9.17, 15) is 0 Å². The molecule has 1 saturated heterocycles. The smallest absolute Gasteiger partial charge is 0.184 e. The number of benzene rings is 1. The van der Waals surface area contributed by atoms with Crippen molar-refractivity contribution in [3.8, 4) is 0 Å². The molecule has 2 nitrogen and oxygen atoms in total. The van der Waals surface area contributed by atoms with Gasteiger partial charge in [-0.05, 0) is 30.4 Å². The minimum Gasteiger partial charge on any atom is -0.346 e. The van der Waals surface area contributed by atoms with Crippen LogP contribution in [0.1, 0.15) is 36.8 Å². The summed E-state index contributed by atoms with van der Waals surface area (Å²) < 4.78 is 11.1. The molecule has 1 aliphatic heterocycles. The fraction of sp³-hybridized carbons (Fsp3) is 0.571. The molecule has 0 saturated carbocycles. The molecular weight excluding hydrogens is 200 g/mol. The average Bonchev–Trinajstić information content (AvgIpc) is 2.73. The van der Waals surface area contributed by atoms with Crippen molar-refractivity contribution in [3.05, 3.63) is 34.9 Å². The van der Waals surface area contributed by atoms with Gasteiger partial charge in [0.1, 0.15) is 0 Å². The number of ether oxygens (including phenoxy) is 2. The monoisotopic (exact) mass is 220 g/mol. The molecule has 0 unspecified atom stereocenters. The molecule has 16 heavy (non-hydrogen) atoms. The van der Waals surface area contributed by atoms with Crippen LogP contribution in [0.25, 0.3) is 0 Å². The molecule has 0 bridgehead atoms. The SMILES string of the molecule is Cc1ccc(CC(C)C)cc1C1OCCO1. The van der Waals surface area contributed by atoms with Gasteiger partial charge in [0.25, 0.3) is 0 Å². The zero-order valence-corrected chi connectivity index (χ0v) is 10.3. The van der Waals surface area contributed by atoms with Crippen molar-refractivity contribution < 1.29 is 9.47 Å². The van der Waals surface area contributed by atoms with Gasteiger partial charge >= 0.3 is 0 Å². The summed E-state index contributed by atoms with van der Waals surface area (Å²) in [5.41, 5.74) is 3.81. The highest BCUT2D eigenvalue weighted by atomic mass is 16.7. The predicted octanol–water partition coefficient (Wildman–Crippen LogP) is 3.24. The van der Waals surface area contributed by atoms with Crippen molar-refractivity contribution in [1.82, 2.24) is 0 Å². The molecule has 0 N–H and O–H groups in total. The maximum absolute atomic E-state index is 5.56. The van der Waals surface area contributed by atoms with Crippen molar-refractivity contribution in [2.24, 2.45) is 5.92 Å². The van der Waals surface area contributed by atoms with Gasteiger partial charge in [-0.25, -0.2) is 0 Å². The van der Waals surface area contributed by atoms with E-state index in [1.165, 1.54) is 16.7 Å². The van der Waals surface area contributed by atoms with Gasteiger partial charge in [0.2, 0.25) is 0 Å². The molecule has 0 aliphatic carbocycles. The highest BCUT2D eigenvalue weighted by Crippen LogP contribution is 2.27. The molecule has 1 aromatic rings. The Morgan fingerprint density at radius 1 is 1.25 bits per heavy atom. The molecule has 88 valence electrons. The van der Waals surface area contributed by atoms with Crippen LogP contribution in [0.2, 0.25) is 0 Å². The first-order chi connectivity index (χ1) is 7.66. The minimum absolute atomic E-state index is 0.146. The Kier molecular flexibility index (Phi) is 3.62. The van der Waals surface area contributed by atoms with Crippen LogP contribution in [-0.2, 0) is 15.9 Å². The van der Waals surface area contributed by atoms with E-state index >= 15 is 0 Å². The summed E-state index contributed by atoms with van der Waals surface area (Å²) in [5.74, 6) is 0.681. The second-order valence-corrected chi connectivity index (χ2v) is 4.86.